The van der Waals surface area contributed by atoms with Crippen molar-refractivity contribution in [3.63, 3.8) is 0 Å². The summed E-state index contributed by atoms with van der Waals surface area (Å²) < 4.78 is 0. The molecule has 7 heteroatoms. The number of hydrogen-bond acceptors (Lipinski definition) is 5. The van der Waals surface area contributed by atoms with E-state index in [4.69, 9.17) is 0 Å². The highest BCUT2D eigenvalue weighted by molar-refractivity contribution is 5.98. The molecule has 0 radical (unpaired) electrons. The Bertz CT molecular complexity index is 1040. The lowest BCUT2D eigenvalue weighted by molar-refractivity contribution is -0.121. The Morgan fingerprint density at radius 2 is 1.69 bits per heavy atom. The first kappa shape index (κ1) is 24.9. The quantitative estimate of drug-likeness (QED) is 0.567. The second-order valence-electron chi connectivity index (χ2n) is 9.79. The summed E-state index contributed by atoms with van der Waals surface area (Å²) in [5.74, 6) is -0.0711. The average molecular weight is 477 g/mol. The van der Waals surface area contributed by atoms with Crippen LogP contribution in [0.2, 0.25) is 0 Å². The van der Waals surface area contributed by atoms with Crippen molar-refractivity contribution in [2.24, 2.45) is 0 Å². The molecule has 0 aromatic heterocycles. The van der Waals surface area contributed by atoms with E-state index < -0.39 is 0 Å². The monoisotopic (exact) mass is 476 g/mol. The van der Waals surface area contributed by atoms with Crippen LogP contribution in [0.15, 0.2) is 48.5 Å². The molecule has 2 heterocycles. The van der Waals surface area contributed by atoms with Crippen LogP contribution in [0.25, 0.3) is 0 Å². The average Bonchev–Trinajstić information content (AvgIpc) is 3.31. The zero-order valence-corrected chi connectivity index (χ0v) is 20.8. The molecule has 1 atom stereocenters. The van der Waals surface area contributed by atoms with Gasteiger partial charge in [-0.25, -0.2) is 0 Å². The Labute approximate surface area is 207 Å². The van der Waals surface area contributed by atoms with Crippen molar-refractivity contribution in [1.82, 2.24) is 10.2 Å². The first-order valence-corrected chi connectivity index (χ1v) is 12.6. The van der Waals surface area contributed by atoms with Crippen LogP contribution in [0.4, 0.5) is 11.4 Å². The van der Waals surface area contributed by atoms with E-state index in [0.717, 1.165) is 56.7 Å². The van der Waals surface area contributed by atoms with E-state index in [1.165, 1.54) is 12.6 Å². The van der Waals surface area contributed by atoms with Crippen LogP contribution in [0.3, 0.4) is 0 Å². The highest BCUT2D eigenvalue weighted by atomic mass is 16.2. The fraction of sp³-hybridized carbons (Fsp3) is 0.464. The van der Waals surface area contributed by atoms with E-state index >= 15 is 0 Å². The number of anilines is 2. The first-order valence-electron chi connectivity index (χ1n) is 12.6. The van der Waals surface area contributed by atoms with Gasteiger partial charge in [-0.2, -0.15) is 0 Å². The molecule has 0 aliphatic carbocycles. The van der Waals surface area contributed by atoms with Crippen molar-refractivity contribution in [3.8, 4) is 0 Å². The molecular weight excluding hydrogens is 440 g/mol. The SMILES string of the molecule is CC(=O)Nc1ccc(N2CCC(N3CC[C@@H](NC(=O)CCC(=O)c4cccc(C)c4)C3)CC2)cc1. The molecular formula is C28H36N4O3. The zero-order valence-electron chi connectivity index (χ0n) is 20.8. The maximum Gasteiger partial charge on any atom is 0.221 e. The van der Waals surface area contributed by atoms with E-state index in [1.807, 2.05) is 43.3 Å². The highest BCUT2D eigenvalue weighted by Gasteiger charge is 2.31. The Morgan fingerprint density at radius 1 is 0.943 bits per heavy atom. The number of Topliss-reactive ketones (excluding diaryl/α,β-unsaturated/α-hetero) is 1. The standard InChI is InChI=1S/C28H36N4O3/c1-20-4-3-5-22(18-20)27(34)10-11-28(35)30-24-12-15-32(19-24)26-13-16-31(17-14-26)25-8-6-23(7-9-25)29-21(2)33/h3-9,18,24,26H,10-17,19H2,1-2H3,(H,29,33)(H,30,35)/t24-/m1/s1. The van der Waals surface area contributed by atoms with Crippen LogP contribution in [0.5, 0.6) is 0 Å². The Kier molecular flexibility index (Phi) is 8.18. The van der Waals surface area contributed by atoms with Crippen LogP contribution in [-0.4, -0.2) is 60.8 Å². The molecule has 2 aromatic carbocycles. The topological polar surface area (TPSA) is 81.8 Å². The molecule has 2 aromatic rings. The summed E-state index contributed by atoms with van der Waals surface area (Å²) in [6.07, 6.45) is 3.64. The molecule has 0 bridgehead atoms. The van der Waals surface area contributed by atoms with E-state index in [0.29, 0.717) is 11.6 Å². The van der Waals surface area contributed by atoms with Gasteiger partial charge < -0.3 is 15.5 Å². The van der Waals surface area contributed by atoms with Crippen molar-refractivity contribution in [2.75, 3.05) is 36.4 Å². The summed E-state index contributed by atoms with van der Waals surface area (Å²) in [7, 11) is 0. The van der Waals surface area contributed by atoms with Crippen molar-refractivity contribution in [2.45, 2.75) is 58.0 Å². The molecule has 4 rings (SSSR count). The summed E-state index contributed by atoms with van der Waals surface area (Å²) in [5, 5.41) is 5.95. The molecule has 2 amide bonds. The lowest BCUT2D eigenvalue weighted by Gasteiger charge is -2.38. The van der Waals surface area contributed by atoms with Gasteiger partial charge in [0.1, 0.15) is 0 Å². The summed E-state index contributed by atoms with van der Waals surface area (Å²) >= 11 is 0. The maximum absolute atomic E-state index is 12.5. The van der Waals surface area contributed by atoms with E-state index in [1.54, 1.807) is 0 Å². The van der Waals surface area contributed by atoms with Gasteiger partial charge in [-0.15, -0.1) is 0 Å². The van der Waals surface area contributed by atoms with Crippen molar-refractivity contribution >= 4 is 29.0 Å². The number of amides is 2. The predicted octanol–water partition coefficient (Wildman–Crippen LogP) is 3.78. The molecule has 35 heavy (non-hydrogen) atoms. The van der Waals surface area contributed by atoms with Gasteiger partial charge in [0.25, 0.3) is 0 Å². The number of ketones is 1. The van der Waals surface area contributed by atoms with Gasteiger partial charge in [-0.05, 0) is 56.5 Å². The number of carbonyl (C=O) groups is 3. The number of aryl methyl sites for hydroxylation is 1. The molecule has 0 unspecified atom stereocenters. The van der Waals surface area contributed by atoms with Crippen LogP contribution < -0.4 is 15.5 Å². The first-order chi connectivity index (χ1) is 16.9. The van der Waals surface area contributed by atoms with Crippen LogP contribution in [0.1, 0.15) is 54.9 Å². The minimum absolute atomic E-state index is 0.0217. The number of nitrogens with one attached hydrogen (secondary N) is 2. The fourth-order valence-corrected chi connectivity index (χ4v) is 5.17. The zero-order chi connectivity index (χ0) is 24.8. The highest BCUT2D eigenvalue weighted by Crippen LogP contribution is 2.26. The second kappa shape index (κ2) is 11.5. The lowest BCUT2D eigenvalue weighted by Crippen LogP contribution is -2.45. The summed E-state index contributed by atoms with van der Waals surface area (Å²) in [5.41, 5.74) is 3.74. The van der Waals surface area contributed by atoms with Gasteiger partial charge in [0.15, 0.2) is 5.78 Å². The number of nitrogens with zero attached hydrogens (tertiary/aromatic N) is 2. The van der Waals surface area contributed by atoms with Crippen molar-refractivity contribution < 1.29 is 14.4 Å². The molecule has 2 fully saturated rings. The Morgan fingerprint density at radius 3 is 2.37 bits per heavy atom. The van der Waals surface area contributed by atoms with E-state index in [2.05, 4.69) is 32.6 Å². The van der Waals surface area contributed by atoms with E-state index in [9.17, 15) is 14.4 Å². The van der Waals surface area contributed by atoms with Crippen LogP contribution in [0, 0.1) is 6.92 Å². The molecule has 186 valence electrons. The minimum Gasteiger partial charge on any atom is -0.371 e. The number of piperidine rings is 1. The predicted molar refractivity (Wildman–Crippen MR) is 139 cm³/mol. The lowest BCUT2D eigenvalue weighted by atomic mass is 10.0. The molecule has 2 aliphatic rings. The van der Waals surface area contributed by atoms with Gasteiger partial charge in [0.05, 0.1) is 0 Å². The molecule has 2 saturated heterocycles. The van der Waals surface area contributed by atoms with Crippen LogP contribution in [-0.2, 0) is 9.59 Å². The molecule has 0 saturated carbocycles. The molecule has 7 nitrogen and oxygen atoms in total. The van der Waals surface area contributed by atoms with Crippen molar-refractivity contribution in [1.29, 1.82) is 0 Å². The third-order valence-electron chi connectivity index (χ3n) is 7.04. The largest absolute Gasteiger partial charge is 0.371 e. The van der Waals surface area contributed by atoms with E-state index in [-0.39, 0.29) is 36.5 Å². The number of rotatable bonds is 8. The third-order valence-corrected chi connectivity index (χ3v) is 7.04. The number of carbonyl (C=O) groups excluding carboxylic acids is 3. The number of hydrogen-bond donors (Lipinski definition) is 2. The smallest absolute Gasteiger partial charge is 0.221 e. The normalized spacial score (nSPS) is 18.9. The van der Waals surface area contributed by atoms with Crippen molar-refractivity contribution in [3.05, 3.63) is 59.7 Å². The van der Waals surface area contributed by atoms with Gasteiger partial charge in [0.2, 0.25) is 11.8 Å². The second-order valence-corrected chi connectivity index (χ2v) is 9.79. The van der Waals surface area contributed by atoms with Crippen LogP contribution >= 0.6 is 0 Å². The third kappa shape index (κ3) is 6.92. The summed E-state index contributed by atoms with van der Waals surface area (Å²) in [6.45, 7) is 7.36. The Balaban J connectivity index is 1.18. The van der Waals surface area contributed by atoms with Gasteiger partial charge in [-0.3, -0.25) is 19.3 Å². The fourth-order valence-electron chi connectivity index (χ4n) is 5.17. The summed E-state index contributed by atoms with van der Waals surface area (Å²) in [6, 6.07) is 16.3. The number of benzene rings is 2. The minimum atomic E-state index is -0.0607. The summed E-state index contributed by atoms with van der Waals surface area (Å²) in [4.78, 5) is 40.9. The number of likely N-dealkylation sites (tertiary alicyclic amines) is 1. The molecule has 2 N–H and O–H groups in total. The maximum atomic E-state index is 12.5. The Hall–Kier alpha value is -3.19. The van der Waals surface area contributed by atoms with Gasteiger partial charge >= 0.3 is 0 Å². The van der Waals surface area contributed by atoms with Gasteiger partial charge in [0, 0.05) is 75.0 Å². The molecule has 0 spiro atoms. The van der Waals surface area contributed by atoms with Gasteiger partial charge in [-0.1, -0.05) is 23.8 Å². The molecule has 2 aliphatic heterocycles.